The first-order valence-corrected chi connectivity index (χ1v) is 11.1. The first-order chi connectivity index (χ1) is 14.3. The number of nitrogens with one attached hydrogen (secondary N) is 1. The maximum absolute atomic E-state index is 13.0. The summed E-state index contributed by atoms with van der Waals surface area (Å²) in [6.45, 7) is 0. The summed E-state index contributed by atoms with van der Waals surface area (Å²) in [5.74, 6) is -1.78. The average Bonchev–Trinajstić information content (AvgIpc) is 3.24. The van der Waals surface area contributed by atoms with Crippen molar-refractivity contribution in [2.45, 2.75) is 42.7 Å². The second-order valence-corrected chi connectivity index (χ2v) is 8.77. The third kappa shape index (κ3) is 5.77. The van der Waals surface area contributed by atoms with Crippen molar-refractivity contribution >= 4 is 28.0 Å². The molecule has 0 spiro atoms. The van der Waals surface area contributed by atoms with Crippen LogP contribution in [0.15, 0.2) is 65.6 Å². The maximum Gasteiger partial charge on any atom is 0.329 e. The summed E-state index contributed by atoms with van der Waals surface area (Å²) in [6.07, 6.45) is 5.54. The van der Waals surface area contributed by atoms with Gasteiger partial charge in [0.1, 0.15) is 12.1 Å². The van der Waals surface area contributed by atoms with Crippen LogP contribution in [0.25, 0.3) is 6.08 Å². The number of esters is 1. The highest BCUT2D eigenvalue weighted by Crippen LogP contribution is 2.25. The van der Waals surface area contributed by atoms with Gasteiger partial charge in [0, 0.05) is 6.08 Å². The van der Waals surface area contributed by atoms with Gasteiger partial charge in [-0.05, 0) is 55.0 Å². The number of hydrogen-bond acceptors (Lipinski definition) is 5. The topological polar surface area (TPSA) is 110 Å². The number of aliphatic carboxylic acids is 1. The van der Waals surface area contributed by atoms with Gasteiger partial charge in [-0.1, -0.05) is 42.5 Å². The zero-order valence-electron chi connectivity index (χ0n) is 16.2. The number of rotatable bonds is 8. The largest absolute Gasteiger partial charge is 0.478 e. The zero-order valence-corrected chi connectivity index (χ0v) is 17.0. The van der Waals surface area contributed by atoms with Crippen molar-refractivity contribution in [3.63, 3.8) is 0 Å². The Morgan fingerprint density at radius 1 is 1.07 bits per heavy atom. The number of carboxylic acids is 1. The Kier molecular flexibility index (Phi) is 7.02. The minimum absolute atomic E-state index is 0.0790. The van der Waals surface area contributed by atoms with E-state index < -0.39 is 28.0 Å². The molecule has 2 N–H and O–H groups in total. The third-order valence-corrected chi connectivity index (χ3v) is 6.23. The monoisotopic (exact) mass is 429 g/mol. The summed E-state index contributed by atoms with van der Waals surface area (Å²) in [7, 11) is -4.08. The molecule has 0 saturated heterocycles. The lowest BCUT2D eigenvalue weighted by molar-refractivity contribution is -0.151. The Morgan fingerprint density at radius 3 is 2.43 bits per heavy atom. The fourth-order valence-electron chi connectivity index (χ4n) is 3.31. The van der Waals surface area contributed by atoms with Crippen molar-refractivity contribution in [1.29, 1.82) is 0 Å². The molecule has 2 aromatic carbocycles. The standard InChI is InChI=1S/C22H23NO6S/c24-20(25)14-13-16-7-6-12-19(15-16)30(27,28)23-21(17-8-2-1-3-9-17)22(26)29-18-10-4-5-11-18/h1-3,6-9,12-15,18,21,23H,4-5,10-11H2,(H,24,25)/b14-13+/t21-/m0/s1. The number of carboxylic acid groups (broad SMARTS) is 1. The van der Waals surface area contributed by atoms with Crippen LogP contribution >= 0.6 is 0 Å². The highest BCUT2D eigenvalue weighted by atomic mass is 32.2. The molecule has 1 aliphatic rings. The molecule has 2 aromatic rings. The highest BCUT2D eigenvalue weighted by Gasteiger charge is 2.31. The normalized spacial score (nSPS) is 15.9. The highest BCUT2D eigenvalue weighted by molar-refractivity contribution is 7.89. The fourth-order valence-corrected chi connectivity index (χ4v) is 4.54. The van der Waals surface area contributed by atoms with Gasteiger partial charge in [0.25, 0.3) is 0 Å². The van der Waals surface area contributed by atoms with Crippen molar-refractivity contribution in [2.24, 2.45) is 0 Å². The van der Waals surface area contributed by atoms with Gasteiger partial charge in [0.15, 0.2) is 0 Å². The third-order valence-electron chi connectivity index (χ3n) is 4.81. The van der Waals surface area contributed by atoms with E-state index in [2.05, 4.69) is 4.72 Å². The number of hydrogen-bond donors (Lipinski definition) is 2. The minimum Gasteiger partial charge on any atom is -0.478 e. The van der Waals surface area contributed by atoms with Crippen LogP contribution in [0.2, 0.25) is 0 Å². The van der Waals surface area contributed by atoms with Gasteiger partial charge in [0.05, 0.1) is 4.90 Å². The van der Waals surface area contributed by atoms with Gasteiger partial charge >= 0.3 is 11.9 Å². The van der Waals surface area contributed by atoms with E-state index in [-0.39, 0.29) is 11.0 Å². The Morgan fingerprint density at radius 2 is 1.77 bits per heavy atom. The quantitative estimate of drug-likeness (QED) is 0.492. The van der Waals surface area contributed by atoms with Crippen molar-refractivity contribution in [3.05, 3.63) is 71.8 Å². The number of benzene rings is 2. The molecule has 3 rings (SSSR count). The molecule has 1 fully saturated rings. The van der Waals surface area contributed by atoms with Crippen LogP contribution in [0.4, 0.5) is 0 Å². The van der Waals surface area contributed by atoms with Crippen molar-refractivity contribution < 1.29 is 27.9 Å². The minimum atomic E-state index is -4.08. The Labute approximate surface area is 175 Å². The second kappa shape index (κ2) is 9.69. The fraction of sp³-hybridized carbons (Fsp3) is 0.273. The van der Waals surface area contributed by atoms with E-state index in [1.165, 1.54) is 24.3 Å². The Hall–Kier alpha value is -2.97. The van der Waals surface area contributed by atoms with Gasteiger partial charge in [-0.2, -0.15) is 4.72 Å². The van der Waals surface area contributed by atoms with Crippen LogP contribution in [0, 0.1) is 0 Å². The number of ether oxygens (including phenoxy) is 1. The van der Waals surface area contributed by atoms with E-state index in [0.717, 1.165) is 31.8 Å². The lowest BCUT2D eigenvalue weighted by atomic mass is 10.1. The average molecular weight is 429 g/mol. The molecular formula is C22H23NO6S. The van der Waals surface area contributed by atoms with Crippen LogP contribution in [-0.2, 0) is 24.3 Å². The van der Waals surface area contributed by atoms with Crippen LogP contribution in [0.1, 0.15) is 42.9 Å². The van der Waals surface area contributed by atoms with Crippen molar-refractivity contribution in [3.8, 4) is 0 Å². The molecule has 158 valence electrons. The maximum atomic E-state index is 13.0. The number of carbonyl (C=O) groups is 2. The van der Waals surface area contributed by atoms with E-state index in [1.54, 1.807) is 36.4 Å². The first-order valence-electron chi connectivity index (χ1n) is 9.64. The van der Waals surface area contributed by atoms with E-state index >= 15 is 0 Å². The Balaban J connectivity index is 1.86. The van der Waals surface area contributed by atoms with E-state index in [1.807, 2.05) is 0 Å². The second-order valence-electron chi connectivity index (χ2n) is 7.05. The summed E-state index contributed by atoms with van der Waals surface area (Å²) in [6, 6.07) is 13.2. The molecule has 0 amide bonds. The van der Waals surface area contributed by atoms with Gasteiger partial charge in [-0.3, -0.25) is 0 Å². The number of carbonyl (C=O) groups excluding carboxylic acids is 1. The molecule has 0 heterocycles. The molecular weight excluding hydrogens is 406 g/mol. The SMILES string of the molecule is O=C(O)/C=C/c1cccc(S(=O)(=O)N[C@H](C(=O)OC2CCCC2)c2ccccc2)c1. The summed E-state index contributed by atoms with van der Waals surface area (Å²) >= 11 is 0. The number of sulfonamides is 1. The molecule has 0 bridgehead atoms. The van der Waals surface area contributed by atoms with Crippen LogP contribution in [0.3, 0.4) is 0 Å². The summed E-state index contributed by atoms with van der Waals surface area (Å²) in [5.41, 5.74) is 0.885. The van der Waals surface area contributed by atoms with E-state index in [9.17, 15) is 18.0 Å². The molecule has 0 aliphatic heterocycles. The van der Waals surface area contributed by atoms with Crippen LogP contribution in [-0.4, -0.2) is 31.6 Å². The Bertz CT molecular complexity index is 1030. The van der Waals surface area contributed by atoms with Crippen molar-refractivity contribution in [2.75, 3.05) is 0 Å². The van der Waals surface area contributed by atoms with Gasteiger partial charge < -0.3 is 9.84 Å². The summed E-state index contributed by atoms with van der Waals surface area (Å²) < 4.78 is 34.0. The van der Waals surface area contributed by atoms with Crippen molar-refractivity contribution in [1.82, 2.24) is 4.72 Å². The molecule has 30 heavy (non-hydrogen) atoms. The van der Waals surface area contributed by atoms with Crippen LogP contribution in [0.5, 0.6) is 0 Å². The van der Waals surface area contributed by atoms with E-state index in [4.69, 9.17) is 9.84 Å². The first kappa shape index (κ1) is 21.7. The van der Waals surface area contributed by atoms with Gasteiger partial charge in [-0.15, -0.1) is 0 Å². The molecule has 0 radical (unpaired) electrons. The molecule has 0 unspecified atom stereocenters. The zero-order chi connectivity index (χ0) is 21.6. The molecule has 7 nitrogen and oxygen atoms in total. The predicted octanol–water partition coefficient (Wildman–Crippen LogP) is 3.29. The van der Waals surface area contributed by atoms with E-state index in [0.29, 0.717) is 11.1 Å². The van der Waals surface area contributed by atoms with Gasteiger partial charge in [-0.25, -0.2) is 18.0 Å². The molecule has 1 aliphatic carbocycles. The lowest BCUT2D eigenvalue weighted by Crippen LogP contribution is -2.36. The summed E-state index contributed by atoms with van der Waals surface area (Å²) in [5, 5.41) is 8.76. The smallest absolute Gasteiger partial charge is 0.329 e. The molecule has 0 aromatic heterocycles. The van der Waals surface area contributed by atoms with Gasteiger partial charge in [0.2, 0.25) is 10.0 Å². The molecule has 1 atom stereocenters. The van der Waals surface area contributed by atoms with Crippen LogP contribution < -0.4 is 4.72 Å². The molecule has 1 saturated carbocycles. The summed E-state index contributed by atoms with van der Waals surface area (Å²) in [4.78, 5) is 23.5. The lowest BCUT2D eigenvalue weighted by Gasteiger charge is -2.20. The predicted molar refractivity (Wildman–Crippen MR) is 111 cm³/mol. The molecule has 8 heteroatoms.